The lowest BCUT2D eigenvalue weighted by atomic mass is 10.2. The first kappa shape index (κ1) is 20.3. The van der Waals surface area contributed by atoms with Gasteiger partial charge in [-0.3, -0.25) is 0 Å². The summed E-state index contributed by atoms with van der Waals surface area (Å²) in [7, 11) is 0. The Hall–Kier alpha value is -2.73. The summed E-state index contributed by atoms with van der Waals surface area (Å²) in [5, 5.41) is 2.67. The number of hydrogen-bond acceptors (Lipinski definition) is 5. The van der Waals surface area contributed by atoms with Gasteiger partial charge in [0, 0.05) is 24.5 Å². The summed E-state index contributed by atoms with van der Waals surface area (Å²) in [6.07, 6.45) is -0.413. The number of nitrogen functional groups attached to an aromatic ring is 2. The lowest BCUT2D eigenvalue weighted by molar-refractivity contribution is 0.0523. The summed E-state index contributed by atoms with van der Waals surface area (Å²) < 4.78 is 5.11. The minimum Gasteiger partial charge on any atom is -0.444 e. The third kappa shape index (κ3) is 9.22. The summed E-state index contributed by atoms with van der Waals surface area (Å²) in [6, 6.07) is 14.9. The lowest BCUT2D eigenvalue weighted by Crippen LogP contribution is -2.32. The zero-order valence-electron chi connectivity index (χ0n) is 15.1. The standard InChI is InChI=1S/C12H18N2O2.C7H10N2/c1-12(2,3)16-11(15)14-8-9-4-6-10(13)7-5-9;8-5-6-1-3-7(9)4-2-6/h4-7H,8,13H2,1-3H3,(H,14,15);1-4H,5,8-9H2. The van der Waals surface area contributed by atoms with Crippen molar-refractivity contribution in [3.05, 3.63) is 59.7 Å². The number of nitrogens with two attached hydrogens (primary N) is 3. The van der Waals surface area contributed by atoms with Gasteiger partial charge in [-0.05, 0) is 56.2 Å². The van der Waals surface area contributed by atoms with Crippen LogP contribution in [0.2, 0.25) is 0 Å². The fraction of sp³-hybridized carbons (Fsp3) is 0.316. The second-order valence-electron chi connectivity index (χ2n) is 6.54. The largest absolute Gasteiger partial charge is 0.444 e. The Morgan fingerprint density at radius 3 is 1.76 bits per heavy atom. The van der Waals surface area contributed by atoms with Crippen LogP contribution in [-0.2, 0) is 17.8 Å². The molecule has 136 valence electrons. The summed E-state index contributed by atoms with van der Waals surface area (Å²) >= 11 is 0. The molecule has 0 aliphatic carbocycles. The number of anilines is 2. The highest BCUT2D eigenvalue weighted by Gasteiger charge is 2.15. The molecule has 0 heterocycles. The minimum absolute atomic E-state index is 0.413. The van der Waals surface area contributed by atoms with E-state index in [2.05, 4.69) is 5.32 Å². The predicted octanol–water partition coefficient (Wildman–Crippen LogP) is 3.02. The van der Waals surface area contributed by atoms with E-state index in [-0.39, 0.29) is 0 Å². The van der Waals surface area contributed by atoms with Crippen LogP contribution in [0.25, 0.3) is 0 Å². The molecule has 0 bridgehead atoms. The van der Waals surface area contributed by atoms with E-state index in [9.17, 15) is 4.79 Å². The maximum absolute atomic E-state index is 11.3. The van der Waals surface area contributed by atoms with Crippen LogP contribution in [0, 0.1) is 0 Å². The molecule has 0 radical (unpaired) electrons. The van der Waals surface area contributed by atoms with Gasteiger partial charge in [0.25, 0.3) is 0 Å². The van der Waals surface area contributed by atoms with E-state index >= 15 is 0 Å². The van der Waals surface area contributed by atoms with Crippen molar-refractivity contribution in [2.45, 2.75) is 39.5 Å². The normalized spacial score (nSPS) is 10.4. The molecule has 2 aromatic rings. The average Bonchev–Trinajstić information content (AvgIpc) is 2.54. The molecule has 0 unspecified atom stereocenters. The van der Waals surface area contributed by atoms with Gasteiger partial charge < -0.3 is 27.3 Å². The smallest absolute Gasteiger partial charge is 0.407 e. The summed E-state index contributed by atoms with van der Waals surface area (Å²) in [6.45, 7) is 6.51. The van der Waals surface area contributed by atoms with Gasteiger partial charge in [-0.2, -0.15) is 0 Å². The Morgan fingerprint density at radius 1 is 0.920 bits per heavy atom. The SMILES string of the molecule is CC(C)(C)OC(=O)NCc1ccc(N)cc1.NCc1ccc(N)cc1. The molecular weight excluding hydrogens is 316 g/mol. The fourth-order valence-electron chi connectivity index (χ4n) is 1.78. The Labute approximate surface area is 149 Å². The van der Waals surface area contributed by atoms with Crippen LogP contribution in [0.1, 0.15) is 31.9 Å². The van der Waals surface area contributed by atoms with E-state index in [1.165, 1.54) is 0 Å². The van der Waals surface area contributed by atoms with E-state index in [1.807, 2.05) is 57.2 Å². The number of hydrogen-bond donors (Lipinski definition) is 4. The summed E-state index contributed by atoms with van der Waals surface area (Å²) in [5.74, 6) is 0. The third-order valence-electron chi connectivity index (χ3n) is 3.03. The van der Waals surface area contributed by atoms with E-state index in [1.54, 1.807) is 12.1 Å². The van der Waals surface area contributed by atoms with Crippen LogP contribution in [0.15, 0.2) is 48.5 Å². The highest BCUT2D eigenvalue weighted by molar-refractivity contribution is 5.67. The molecule has 7 N–H and O–H groups in total. The molecule has 0 spiro atoms. The summed E-state index contributed by atoms with van der Waals surface area (Å²) in [5.41, 5.74) is 19.5. The number of rotatable bonds is 3. The Bertz CT molecular complexity index is 647. The van der Waals surface area contributed by atoms with Crippen LogP contribution in [0.4, 0.5) is 16.2 Å². The highest BCUT2D eigenvalue weighted by Crippen LogP contribution is 2.08. The van der Waals surface area contributed by atoms with Crippen molar-refractivity contribution in [3.8, 4) is 0 Å². The van der Waals surface area contributed by atoms with Gasteiger partial charge >= 0.3 is 6.09 Å². The maximum atomic E-state index is 11.3. The van der Waals surface area contributed by atoms with Gasteiger partial charge in [-0.15, -0.1) is 0 Å². The minimum atomic E-state index is -0.467. The van der Waals surface area contributed by atoms with Crippen LogP contribution >= 0.6 is 0 Å². The molecule has 2 rings (SSSR count). The molecule has 0 saturated carbocycles. The van der Waals surface area contributed by atoms with Crippen molar-refractivity contribution in [2.75, 3.05) is 11.5 Å². The van der Waals surface area contributed by atoms with Crippen molar-refractivity contribution in [3.63, 3.8) is 0 Å². The quantitative estimate of drug-likeness (QED) is 0.639. The summed E-state index contributed by atoms with van der Waals surface area (Å²) in [4.78, 5) is 11.3. The molecule has 25 heavy (non-hydrogen) atoms. The number of nitrogens with one attached hydrogen (secondary N) is 1. The van der Waals surface area contributed by atoms with Gasteiger partial charge in [0.1, 0.15) is 5.60 Å². The zero-order chi connectivity index (χ0) is 18.9. The monoisotopic (exact) mass is 344 g/mol. The van der Waals surface area contributed by atoms with Crippen molar-refractivity contribution in [2.24, 2.45) is 5.73 Å². The molecule has 6 nitrogen and oxygen atoms in total. The number of carbonyl (C=O) groups excluding carboxylic acids is 1. The lowest BCUT2D eigenvalue weighted by Gasteiger charge is -2.19. The predicted molar refractivity (Wildman–Crippen MR) is 103 cm³/mol. The Morgan fingerprint density at radius 2 is 1.36 bits per heavy atom. The first-order chi connectivity index (χ1) is 11.7. The molecule has 6 heteroatoms. The van der Waals surface area contributed by atoms with Gasteiger partial charge in [-0.25, -0.2) is 4.79 Å². The van der Waals surface area contributed by atoms with E-state index < -0.39 is 11.7 Å². The molecule has 0 fully saturated rings. The van der Waals surface area contributed by atoms with Crippen LogP contribution in [0.5, 0.6) is 0 Å². The van der Waals surface area contributed by atoms with Crippen LogP contribution in [0.3, 0.4) is 0 Å². The Kier molecular flexibility index (Phi) is 7.75. The van der Waals surface area contributed by atoms with E-state index in [4.69, 9.17) is 21.9 Å². The number of amides is 1. The van der Waals surface area contributed by atoms with Crippen molar-refractivity contribution in [1.29, 1.82) is 0 Å². The fourth-order valence-corrected chi connectivity index (χ4v) is 1.78. The molecule has 1 amide bonds. The van der Waals surface area contributed by atoms with Gasteiger partial charge in [-0.1, -0.05) is 24.3 Å². The maximum Gasteiger partial charge on any atom is 0.407 e. The van der Waals surface area contributed by atoms with Crippen molar-refractivity contribution in [1.82, 2.24) is 5.32 Å². The van der Waals surface area contributed by atoms with Crippen LogP contribution < -0.4 is 22.5 Å². The zero-order valence-corrected chi connectivity index (χ0v) is 15.1. The van der Waals surface area contributed by atoms with Crippen molar-refractivity contribution < 1.29 is 9.53 Å². The first-order valence-electron chi connectivity index (χ1n) is 8.05. The molecule has 0 atom stereocenters. The molecule has 2 aromatic carbocycles. The first-order valence-corrected chi connectivity index (χ1v) is 8.05. The second kappa shape index (κ2) is 9.54. The highest BCUT2D eigenvalue weighted by atomic mass is 16.6. The van der Waals surface area contributed by atoms with Gasteiger partial charge in [0.15, 0.2) is 0 Å². The number of alkyl carbamates (subject to hydrolysis) is 1. The topological polar surface area (TPSA) is 116 Å². The number of ether oxygens (including phenoxy) is 1. The second-order valence-corrected chi connectivity index (χ2v) is 6.54. The molecule has 0 aliphatic heterocycles. The van der Waals surface area contributed by atoms with E-state index in [0.717, 1.165) is 16.8 Å². The van der Waals surface area contributed by atoms with E-state index in [0.29, 0.717) is 18.8 Å². The van der Waals surface area contributed by atoms with Gasteiger partial charge in [0.05, 0.1) is 0 Å². The molecule has 0 aliphatic rings. The van der Waals surface area contributed by atoms with Gasteiger partial charge in [0.2, 0.25) is 0 Å². The van der Waals surface area contributed by atoms with Crippen LogP contribution in [-0.4, -0.2) is 11.7 Å². The number of benzene rings is 2. The molecule has 0 saturated heterocycles. The average molecular weight is 344 g/mol. The van der Waals surface area contributed by atoms with Crippen molar-refractivity contribution >= 4 is 17.5 Å². The molecular formula is C19H28N4O2. The third-order valence-corrected chi connectivity index (χ3v) is 3.03. The molecule has 0 aromatic heterocycles. The number of carbonyl (C=O) groups is 1. The Balaban J connectivity index is 0.000000293.